The summed E-state index contributed by atoms with van der Waals surface area (Å²) in [6, 6.07) is 12.0. The van der Waals surface area contributed by atoms with Crippen LogP contribution >= 0.6 is 0 Å². The third-order valence-electron chi connectivity index (χ3n) is 4.37. The molecule has 0 unspecified atom stereocenters. The standard InChI is InChI=1S/C23H24N2O5.CH4/c1-23(2,3)30-22(29)18(13-14-6-9-16(26)10-7-14)25-21(28)17-11-8-15-5-4-12-24-19(15)20(17)27;/h4-12,18,26-27H,13H2,1-3H3,(H,25,28);1H4/t18-;/m0./s1. The first-order valence-corrected chi connectivity index (χ1v) is 9.52. The predicted octanol–water partition coefficient (Wildman–Crippen LogP) is 3.96. The van der Waals surface area contributed by atoms with E-state index in [2.05, 4.69) is 10.3 Å². The predicted molar refractivity (Wildman–Crippen MR) is 119 cm³/mol. The number of carbonyl (C=O) groups is 2. The summed E-state index contributed by atoms with van der Waals surface area (Å²) in [5.41, 5.74) is 0.315. The number of hydrogen-bond acceptors (Lipinski definition) is 6. The lowest BCUT2D eigenvalue weighted by Gasteiger charge is -2.25. The van der Waals surface area contributed by atoms with E-state index in [1.165, 1.54) is 24.4 Å². The molecule has 2 aromatic carbocycles. The van der Waals surface area contributed by atoms with Gasteiger partial charge in [-0.15, -0.1) is 0 Å². The van der Waals surface area contributed by atoms with Crippen LogP contribution in [0.1, 0.15) is 44.1 Å². The van der Waals surface area contributed by atoms with Gasteiger partial charge < -0.3 is 20.3 Å². The van der Waals surface area contributed by atoms with Crippen LogP contribution < -0.4 is 5.32 Å². The molecule has 0 saturated carbocycles. The van der Waals surface area contributed by atoms with Crippen LogP contribution in [0.2, 0.25) is 0 Å². The van der Waals surface area contributed by atoms with E-state index in [9.17, 15) is 19.8 Å². The Balaban J connectivity index is 0.00000341. The Morgan fingerprint density at radius 2 is 1.74 bits per heavy atom. The van der Waals surface area contributed by atoms with E-state index in [0.29, 0.717) is 10.9 Å². The molecule has 0 aliphatic carbocycles. The van der Waals surface area contributed by atoms with Gasteiger partial charge in [-0.05, 0) is 50.6 Å². The Morgan fingerprint density at radius 1 is 1.06 bits per heavy atom. The topological polar surface area (TPSA) is 109 Å². The summed E-state index contributed by atoms with van der Waals surface area (Å²) in [5, 5.41) is 23.3. The third-order valence-corrected chi connectivity index (χ3v) is 4.37. The number of rotatable bonds is 5. The van der Waals surface area contributed by atoms with Gasteiger partial charge in [0.15, 0.2) is 5.75 Å². The maximum atomic E-state index is 12.9. The van der Waals surface area contributed by atoms with Gasteiger partial charge in [0.05, 0.1) is 5.56 Å². The molecule has 0 saturated heterocycles. The van der Waals surface area contributed by atoms with Crippen molar-refractivity contribution in [3.05, 3.63) is 65.9 Å². The van der Waals surface area contributed by atoms with Crippen molar-refractivity contribution in [1.82, 2.24) is 10.3 Å². The molecule has 0 bridgehead atoms. The SMILES string of the molecule is C.CC(C)(C)OC(=O)[C@H](Cc1ccc(O)cc1)NC(=O)c1ccc2cccnc2c1O. The highest BCUT2D eigenvalue weighted by molar-refractivity contribution is 6.03. The molecule has 0 aliphatic heterocycles. The molecule has 0 fully saturated rings. The molecule has 3 N–H and O–H groups in total. The average Bonchev–Trinajstić information content (AvgIpc) is 2.68. The molecule has 3 rings (SSSR count). The second kappa shape index (κ2) is 9.47. The van der Waals surface area contributed by atoms with E-state index in [-0.39, 0.29) is 30.9 Å². The van der Waals surface area contributed by atoms with Gasteiger partial charge in [0.2, 0.25) is 0 Å². The fraction of sp³-hybridized carbons (Fsp3) is 0.292. The zero-order chi connectivity index (χ0) is 21.9. The number of nitrogens with one attached hydrogen (secondary N) is 1. The molecule has 0 radical (unpaired) electrons. The van der Waals surface area contributed by atoms with Crippen LogP contribution in [0.5, 0.6) is 11.5 Å². The molecule has 1 atom stereocenters. The summed E-state index contributed by atoms with van der Waals surface area (Å²) in [4.78, 5) is 29.7. The Morgan fingerprint density at radius 3 is 2.39 bits per heavy atom. The van der Waals surface area contributed by atoms with E-state index in [4.69, 9.17) is 4.74 Å². The first-order chi connectivity index (χ1) is 14.1. The Kier molecular flexibility index (Phi) is 7.23. The number of benzene rings is 2. The molecule has 31 heavy (non-hydrogen) atoms. The summed E-state index contributed by atoms with van der Waals surface area (Å²) < 4.78 is 5.46. The van der Waals surface area contributed by atoms with Crippen molar-refractivity contribution in [1.29, 1.82) is 0 Å². The maximum Gasteiger partial charge on any atom is 0.329 e. The number of phenols is 2. The number of aromatic hydroxyl groups is 2. The van der Waals surface area contributed by atoms with E-state index in [1.807, 2.05) is 0 Å². The first-order valence-electron chi connectivity index (χ1n) is 9.52. The lowest BCUT2D eigenvalue weighted by molar-refractivity contribution is -0.157. The minimum atomic E-state index is -0.986. The van der Waals surface area contributed by atoms with E-state index in [0.717, 1.165) is 5.56 Å². The van der Waals surface area contributed by atoms with Crippen molar-refractivity contribution >= 4 is 22.8 Å². The van der Waals surface area contributed by atoms with Crippen LogP contribution in [0.3, 0.4) is 0 Å². The molecule has 164 valence electrons. The van der Waals surface area contributed by atoms with Crippen molar-refractivity contribution < 1.29 is 24.5 Å². The van der Waals surface area contributed by atoms with E-state index >= 15 is 0 Å². The zero-order valence-corrected chi connectivity index (χ0v) is 17.0. The van der Waals surface area contributed by atoms with Crippen LogP contribution in [-0.4, -0.2) is 38.7 Å². The van der Waals surface area contributed by atoms with Crippen molar-refractivity contribution in [2.75, 3.05) is 0 Å². The summed E-state index contributed by atoms with van der Waals surface area (Å²) >= 11 is 0. The second-order valence-electron chi connectivity index (χ2n) is 7.97. The highest BCUT2D eigenvalue weighted by Gasteiger charge is 2.28. The number of carbonyl (C=O) groups excluding carboxylic acids is 2. The largest absolute Gasteiger partial charge is 0.508 e. The van der Waals surface area contributed by atoms with Crippen LogP contribution in [0.4, 0.5) is 0 Å². The smallest absolute Gasteiger partial charge is 0.329 e. The molecule has 0 aliphatic rings. The van der Waals surface area contributed by atoms with Crippen LogP contribution in [0.15, 0.2) is 54.7 Å². The van der Waals surface area contributed by atoms with Crippen LogP contribution in [-0.2, 0) is 16.0 Å². The molecular weight excluding hydrogens is 396 g/mol. The quantitative estimate of drug-likeness (QED) is 0.535. The third kappa shape index (κ3) is 5.94. The lowest BCUT2D eigenvalue weighted by atomic mass is 10.0. The van der Waals surface area contributed by atoms with Gasteiger partial charge in [-0.3, -0.25) is 9.78 Å². The molecule has 3 aromatic rings. The number of phenolic OH excluding ortho intramolecular Hbond substituents is 2. The summed E-state index contributed by atoms with van der Waals surface area (Å²) in [6.45, 7) is 5.22. The number of amides is 1. The van der Waals surface area contributed by atoms with Crippen molar-refractivity contribution in [2.45, 2.75) is 46.3 Å². The van der Waals surface area contributed by atoms with Gasteiger partial charge in [-0.1, -0.05) is 31.7 Å². The molecule has 1 heterocycles. The van der Waals surface area contributed by atoms with E-state index in [1.54, 1.807) is 51.1 Å². The van der Waals surface area contributed by atoms with Gasteiger partial charge in [-0.25, -0.2) is 4.79 Å². The maximum absolute atomic E-state index is 12.9. The van der Waals surface area contributed by atoms with Crippen LogP contribution in [0, 0.1) is 0 Å². The minimum Gasteiger partial charge on any atom is -0.508 e. The first kappa shape index (κ1) is 23.7. The number of ether oxygens (including phenoxy) is 1. The van der Waals surface area contributed by atoms with E-state index < -0.39 is 23.5 Å². The van der Waals surface area contributed by atoms with Gasteiger partial charge in [0, 0.05) is 18.0 Å². The fourth-order valence-corrected chi connectivity index (χ4v) is 2.98. The number of hydrogen-bond donors (Lipinski definition) is 3. The van der Waals surface area contributed by atoms with Gasteiger partial charge >= 0.3 is 5.97 Å². The summed E-state index contributed by atoms with van der Waals surface area (Å²) in [5.74, 6) is -1.36. The minimum absolute atomic E-state index is 0. The molecular formula is C24H28N2O5. The number of esters is 1. The number of aromatic nitrogens is 1. The Labute approximate surface area is 181 Å². The Hall–Kier alpha value is -3.61. The number of fused-ring (bicyclic) bond motifs is 1. The fourth-order valence-electron chi connectivity index (χ4n) is 2.98. The lowest BCUT2D eigenvalue weighted by Crippen LogP contribution is -2.45. The molecule has 0 spiro atoms. The summed E-state index contributed by atoms with van der Waals surface area (Å²) in [7, 11) is 0. The monoisotopic (exact) mass is 424 g/mol. The van der Waals surface area contributed by atoms with Crippen molar-refractivity contribution in [2.24, 2.45) is 0 Å². The van der Waals surface area contributed by atoms with Crippen molar-refractivity contribution in [3.63, 3.8) is 0 Å². The Bertz CT molecular complexity index is 1070. The molecule has 1 amide bonds. The normalized spacial score (nSPS) is 12.0. The number of pyridine rings is 1. The van der Waals surface area contributed by atoms with Crippen molar-refractivity contribution in [3.8, 4) is 11.5 Å². The van der Waals surface area contributed by atoms with Crippen LogP contribution in [0.25, 0.3) is 10.9 Å². The highest BCUT2D eigenvalue weighted by atomic mass is 16.6. The number of nitrogens with zero attached hydrogens (tertiary/aromatic N) is 1. The summed E-state index contributed by atoms with van der Waals surface area (Å²) in [6.07, 6.45) is 1.69. The molecule has 7 heteroatoms. The zero-order valence-electron chi connectivity index (χ0n) is 17.0. The molecule has 1 aromatic heterocycles. The van der Waals surface area contributed by atoms with Gasteiger partial charge in [0.25, 0.3) is 5.91 Å². The highest BCUT2D eigenvalue weighted by Crippen LogP contribution is 2.27. The average molecular weight is 424 g/mol. The van der Waals surface area contributed by atoms with Gasteiger partial charge in [-0.2, -0.15) is 0 Å². The molecule has 7 nitrogen and oxygen atoms in total. The van der Waals surface area contributed by atoms with Gasteiger partial charge in [0.1, 0.15) is 22.9 Å². The second-order valence-corrected chi connectivity index (χ2v) is 7.97.